The first-order valence-electron chi connectivity index (χ1n) is 18.1. The van der Waals surface area contributed by atoms with E-state index >= 15 is 8.78 Å². The van der Waals surface area contributed by atoms with Gasteiger partial charge in [0.2, 0.25) is 0 Å². The lowest BCUT2D eigenvalue weighted by molar-refractivity contribution is -0.131. The van der Waals surface area contributed by atoms with Crippen molar-refractivity contribution in [1.82, 2.24) is 34.7 Å². The molecule has 3 unspecified atom stereocenters. The third-order valence-corrected chi connectivity index (χ3v) is 11.4. The normalized spacial score (nSPS) is 23.8. The number of amides is 1. The number of alkyl halides is 1. The molecule has 4 atom stereocenters. The fraction of sp³-hybridized carbons (Fsp3) is 0.350. The Bertz CT molecular complexity index is 2430. The fourth-order valence-electron chi connectivity index (χ4n) is 9.02. The molecule has 3 aromatic heterocycles. The summed E-state index contributed by atoms with van der Waals surface area (Å²) in [7, 11) is 0. The van der Waals surface area contributed by atoms with E-state index in [0.717, 1.165) is 25.5 Å². The van der Waals surface area contributed by atoms with Gasteiger partial charge in [0, 0.05) is 61.7 Å². The minimum atomic E-state index is -0.993. The summed E-state index contributed by atoms with van der Waals surface area (Å²) in [5.41, 5.74) is -0.762. The maximum atomic E-state index is 17.1. The zero-order valence-electron chi connectivity index (χ0n) is 29.4. The van der Waals surface area contributed by atoms with E-state index in [0.29, 0.717) is 37.0 Å². The van der Waals surface area contributed by atoms with Crippen molar-refractivity contribution in [3.63, 3.8) is 0 Å². The van der Waals surface area contributed by atoms with E-state index in [1.807, 2.05) is 4.90 Å². The Morgan fingerprint density at radius 3 is 2.67 bits per heavy atom. The first-order chi connectivity index (χ1) is 26.6. The van der Waals surface area contributed by atoms with Gasteiger partial charge in [-0.2, -0.15) is 9.97 Å². The maximum Gasteiger partial charge on any atom is 0.319 e. The minimum absolute atomic E-state index is 0.0617. The number of carbonyl (C=O) groups excluding carboxylic acids is 1. The number of hydrogen-bond donors (Lipinski definition) is 1. The number of terminal acetylenes is 1. The number of rotatable bonds is 7. The molecule has 4 fully saturated rings. The SMILES string of the molecule is C#Cc1c(F)ccc2cc(O)cc(-c3ncc4c(N5CC6CCC(C5)N6C(=O)/C(F)=C/c5cnccn5)nc(OC[C@@]56CCCN5CC(F)C6)nc4c3F)c12. The van der Waals surface area contributed by atoms with E-state index in [1.54, 1.807) is 4.90 Å². The highest BCUT2D eigenvalue weighted by Crippen LogP contribution is 2.43. The molecule has 9 rings (SSSR count). The largest absolute Gasteiger partial charge is 0.508 e. The van der Waals surface area contributed by atoms with Gasteiger partial charge in [-0.25, -0.2) is 17.6 Å². The number of phenolic OH excluding ortho intramolecular Hbond substituents is 1. The Balaban J connectivity index is 1.12. The van der Waals surface area contributed by atoms with Crippen molar-refractivity contribution in [3.8, 4) is 35.4 Å². The second-order valence-corrected chi connectivity index (χ2v) is 14.7. The van der Waals surface area contributed by atoms with Crippen molar-refractivity contribution in [3.05, 3.63) is 77.8 Å². The van der Waals surface area contributed by atoms with Crippen LogP contribution in [0.3, 0.4) is 0 Å². The van der Waals surface area contributed by atoms with Gasteiger partial charge in [-0.05, 0) is 55.8 Å². The molecule has 11 nitrogen and oxygen atoms in total. The fourth-order valence-corrected chi connectivity index (χ4v) is 9.02. The summed E-state index contributed by atoms with van der Waals surface area (Å²) in [6.07, 6.45) is 14.5. The quantitative estimate of drug-likeness (QED) is 0.125. The van der Waals surface area contributed by atoms with E-state index < -0.39 is 35.1 Å². The Kier molecular flexibility index (Phi) is 8.53. The number of aromatic hydroxyl groups is 1. The molecule has 15 heteroatoms. The van der Waals surface area contributed by atoms with Gasteiger partial charge in [0.15, 0.2) is 11.6 Å². The number of fused-ring (bicyclic) bond motifs is 5. The number of aromatic nitrogens is 5. The van der Waals surface area contributed by atoms with Gasteiger partial charge in [0.25, 0.3) is 5.91 Å². The molecule has 1 amide bonds. The topological polar surface area (TPSA) is 121 Å². The Hall–Kier alpha value is -5.88. The lowest BCUT2D eigenvalue weighted by Crippen LogP contribution is -2.56. The van der Waals surface area contributed by atoms with Crippen LogP contribution in [0.25, 0.3) is 39.0 Å². The number of ether oxygens (including phenoxy) is 1. The molecule has 7 heterocycles. The maximum absolute atomic E-state index is 17.1. The zero-order valence-corrected chi connectivity index (χ0v) is 29.4. The number of piperazine rings is 1. The number of nitrogens with zero attached hydrogens (tertiary/aromatic N) is 8. The van der Waals surface area contributed by atoms with Crippen LogP contribution in [0.2, 0.25) is 0 Å². The lowest BCUT2D eigenvalue weighted by Gasteiger charge is -2.41. The van der Waals surface area contributed by atoms with Crippen LogP contribution in [0.15, 0.2) is 54.9 Å². The number of anilines is 1. The summed E-state index contributed by atoms with van der Waals surface area (Å²) in [5, 5.41) is 11.4. The van der Waals surface area contributed by atoms with Crippen LogP contribution in [0.4, 0.5) is 23.4 Å². The van der Waals surface area contributed by atoms with Gasteiger partial charge >= 0.3 is 6.01 Å². The lowest BCUT2D eigenvalue weighted by atomic mass is 9.95. The summed E-state index contributed by atoms with van der Waals surface area (Å²) in [6.45, 7) is 1.65. The van der Waals surface area contributed by atoms with Crippen LogP contribution in [0, 0.1) is 24.0 Å². The van der Waals surface area contributed by atoms with E-state index in [1.165, 1.54) is 49.1 Å². The molecule has 5 aromatic rings. The van der Waals surface area contributed by atoms with Gasteiger partial charge in [-0.1, -0.05) is 12.0 Å². The number of hydrogen-bond acceptors (Lipinski definition) is 10. The number of benzene rings is 2. The molecule has 1 N–H and O–H groups in total. The van der Waals surface area contributed by atoms with Crippen LogP contribution >= 0.6 is 0 Å². The predicted octanol–water partition coefficient (Wildman–Crippen LogP) is 5.75. The average Bonchev–Trinajstić information content (AvgIpc) is 3.80. The number of phenols is 1. The second kappa shape index (κ2) is 13.5. The smallest absolute Gasteiger partial charge is 0.319 e. The highest BCUT2D eigenvalue weighted by atomic mass is 19.1. The Morgan fingerprint density at radius 1 is 1.09 bits per heavy atom. The minimum Gasteiger partial charge on any atom is -0.508 e. The zero-order chi connectivity index (χ0) is 38.0. The molecule has 0 radical (unpaired) electrons. The first-order valence-corrected chi connectivity index (χ1v) is 18.1. The molecular weight excluding hydrogens is 716 g/mol. The third-order valence-electron chi connectivity index (χ3n) is 11.4. The van der Waals surface area contributed by atoms with Gasteiger partial charge in [0.05, 0.1) is 40.5 Å². The Morgan fingerprint density at radius 2 is 1.91 bits per heavy atom. The van der Waals surface area contributed by atoms with Crippen molar-refractivity contribution in [2.24, 2.45) is 0 Å². The van der Waals surface area contributed by atoms with E-state index in [4.69, 9.17) is 16.1 Å². The van der Waals surface area contributed by atoms with Gasteiger partial charge in [-0.3, -0.25) is 24.6 Å². The average molecular weight is 751 g/mol. The van der Waals surface area contributed by atoms with Crippen molar-refractivity contribution >= 4 is 39.5 Å². The molecule has 0 saturated carbocycles. The summed E-state index contributed by atoms with van der Waals surface area (Å²) >= 11 is 0. The van der Waals surface area contributed by atoms with Crippen LogP contribution in [-0.4, -0.2) is 102 Å². The van der Waals surface area contributed by atoms with Crippen molar-refractivity contribution in [2.75, 3.05) is 37.7 Å². The second-order valence-electron chi connectivity index (χ2n) is 14.7. The summed E-state index contributed by atoms with van der Waals surface area (Å²) in [6, 6.07) is 4.37. The van der Waals surface area contributed by atoms with Gasteiger partial charge < -0.3 is 19.6 Å². The van der Waals surface area contributed by atoms with Gasteiger partial charge in [0.1, 0.15) is 41.4 Å². The number of carbonyl (C=O) groups is 1. The van der Waals surface area contributed by atoms with Crippen molar-refractivity contribution in [1.29, 1.82) is 0 Å². The molecule has 4 aliphatic heterocycles. The molecule has 55 heavy (non-hydrogen) atoms. The van der Waals surface area contributed by atoms with Crippen LogP contribution in [-0.2, 0) is 4.79 Å². The number of pyridine rings is 1. The van der Waals surface area contributed by atoms with Crippen molar-refractivity contribution in [2.45, 2.75) is 55.9 Å². The van der Waals surface area contributed by atoms with Gasteiger partial charge in [-0.15, -0.1) is 6.42 Å². The van der Waals surface area contributed by atoms with Crippen LogP contribution < -0.4 is 9.64 Å². The first kappa shape index (κ1) is 34.9. The third kappa shape index (κ3) is 5.95. The monoisotopic (exact) mass is 750 g/mol. The molecular formula is C40H34F4N8O3. The molecule has 280 valence electrons. The molecule has 0 spiro atoms. The summed E-state index contributed by atoms with van der Waals surface area (Å²) < 4.78 is 68.2. The van der Waals surface area contributed by atoms with E-state index in [-0.39, 0.29) is 82.3 Å². The highest BCUT2D eigenvalue weighted by Gasteiger charge is 2.50. The van der Waals surface area contributed by atoms with E-state index in [9.17, 15) is 18.7 Å². The molecule has 4 aliphatic rings. The predicted molar refractivity (Wildman–Crippen MR) is 195 cm³/mol. The van der Waals surface area contributed by atoms with Crippen LogP contribution in [0.1, 0.15) is 43.4 Å². The highest BCUT2D eigenvalue weighted by molar-refractivity contribution is 6.03. The Labute approximate surface area is 312 Å². The van der Waals surface area contributed by atoms with Crippen LogP contribution in [0.5, 0.6) is 11.8 Å². The molecule has 2 bridgehead atoms. The summed E-state index contributed by atoms with van der Waals surface area (Å²) in [4.78, 5) is 40.7. The van der Waals surface area contributed by atoms with E-state index in [2.05, 4.69) is 30.8 Å². The summed E-state index contributed by atoms with van der Waals surface area (Å²) in [5.74, 6) is -0.856. The van der Waals surface area contributed by atoms with Crippen molar-refractivity contribution < 1.29 is 32.2 Å². The molecule has 2 aromatic carbocycles. The molecule has 4 saturated heterocycles. The standard InChI is InChI=1S/C40H34F4N8O3/c1-2-28-31(42)7-4-22-12-27(53)14-29(33(22)28)35-34(44)36-30(17-47-35)37(49-39(48-36)55-21-40-8-3-11-51(40)18-23(41)15-40)50-19-25-5-6-26(20-50)52(25)38(54)32(43)13-24-16-45-9-10-46-24/h1,4,7,9-10,12-14,16-17,23,25-26,53H,3,5-6,8,11,15,18-21H2/b32-13-/t23?,25?,26?,40-/m0/s1. The number of halogens is 4. The molecule has 0 aliphatic carbocycles.